The van der Waals surface area contributed by atoms with Gasteiger partial charge >= 0.3 is 12.3 Å². The highest BCUT2D eigenvalue weighted by Crippen LogP contribution is 2.34. The lowest BCUT2D eigenvalue weighted by molar-refractivity contribution is -0.215. The van der Waals surface area contributed by atoms with Crippen LogP contribution >= 0.6 is 0 Å². The van der Waals surface area contributed by atoms with Gasteiger partial charge in [0.15, 0.2) is 5.94 Å². The molecule has 0 bridgehead atoms. The zero-order valence-corrected chi connectivity index (χ0v) is 17.2. The van der Waals surface area contributed by atoms with Gasteiger partial charge in [0.25, 0.3) is 0 Å². The van der Waals surface area contributed by atoms with Crippen LogP contribution in [-0.2, 0) is 26.0 Å². The quantitative estimate of drug-likeness (QED) is 0.675. The molecule has 1 aromatic carbocycles. The van der Waals surface area contributed by atoms with Crippen LogP contribution in [0, 0.1) is 5.82 Å². The first kappa shape index (κ1) is 23.7. The van der Waals surface area contributed by atoms with Crippen LogP contribution in [-0.4, -0.2) is 78.9 Å². The number of sulfonamides is 1. The molecule has 1 spiro atoms. The Morgan fingerprint density at radius 1 is 1.23 bits per heavy atom. The molecule has 3 rings (SSSR count). The Bertz CT molecular complexity index is 885. The van der Waals surface area contributed by atoms with Crippen molar-refractivity contribution in [2.24, 2.45) is 0 Å². The van der Waals surface area contributed by atoms with Crippen LogP contribution in [0.5, 0.6) is 0 Å². The van der Waals surface area contributed by atoms with Gasteiger partial charge in [-0.25, -0.2) is 17.6 Å². The molecule has 31 heavy (non-hydrogen) atoms. The molecule has 2 aliphatic heterocycles. The van der Waals surface area contributed by atoms with Crippen LogP contribution in [0.15, 0.2) is 24.3 Å². The maximum Gasteiger partial charge on any atom is 0.427 e. The fourth-order valence-corrected chi connectivity index (χ4v) is 4.82. The fraction of sp³-hybridized carbons (Fsp3) is 0.611. The zero-order valence-electron chi connectivity index (χ0n) is 16.3. The summed E-state index contributed by atoms with van der Waals surface area (Å²) in [6.07, 6.45) is -8.33. The number of nitrogens with zero attached hydrogens (tertiary/aromatic N) is 2. The number of rotatable bonds is 4. The molecule has 174 valence electrons. The van der Waals surface area contributed by atoms with E-state index in [-0.39, 0.29) is 39.0 Å². The van der Waals surface area contributed by atoms with Crippen molar-refractivity contribution >= 4 is 16.1 Å². The molecular weight excluding hydrogens is 448 g/mol. The lowest BCUT2D eigenvalue weighted by Gasteiger charge is -2.46. The van der Waals surface area contributed by atoms with E-state index in [2.05, 4.69) is 4.74 Å². The van der Waals surface area contributed by atoms with Gasteiger partial charge in [-0.3, -0.25) is 0 Å². The van der Waals surface area contributed by atoms with Crippen LogP contribution in [0.2, 0.25) is 0 Å². The number of hydrogen-bond donors (Lipinski definition) is 1. The molecule has 2 saturated heterocycles. The molecule has 0 saturated carbocycles. The maximum absolute atomic E-state index is 13.1. The summed E-state index contributed by atoms with van der Waals surface area (Å²) < 4.78 is 87.2. The Morgan fingerprint density at radius 2 is 1.84 bits per heavy atom. The normalized spacial score (nSPS) is 22.3. The molecule has 13 heteroatoms. The van der Waals surface area contributed by atoms with Crippen molar-refractivity contribution in [2.45, 2.75) is 37.3 Å². The average Bonchev–Trinajstić information content (AvgIpc) is 2.70. The average molecular weight is 470 g/mol. The molecule has 2 fully saturated rings. The van der Waals surface area contributed by atoms with Crippen LogP contribution in [0.1, 0.15) is 18.4 Å². The molecule has 8 nitrogen and oxygen atoms in total. The first-order valence-electron chi connectivity index (χ1n) is 9.43. The first-order valence-corrected chi connectivity index (χ1v) is 11.0. The van der Waals surface area contributed by atoms with E-state index in [9.17, 15) is 30.8 Å². The number of alkyl halides is 3. The lowest BCUT2D eigenvalue weighted by Crippen LogP contribution is -2.59. The molecule has 1 aromatic rings. The number of carbonyl (C=O) groups is 1. The monoisotopic (exact) mass is 470 g/mol. The Kier molecular flexibility index (Phi) is 6.79. The number of hydrogen-bond acceptors (Lipinski definition) is 6. The molecule has 2 heterocycles. The summed E-state index contributed by atoms with van der Waals surface area (Å²) in [4.78, 5) is 13.1. The van der Waals surface area contributed by atoms with E-state index >= 15 is 0 Å². The van der Waals surface area contributed by atoms with E-state index in [1.165, 1.54) is 28.6 Å². The molecule has 0 radical (unpaired) electrons. The first-order chi connectivity index (χ1) is 14.4. The minimum atomic E-state index is -4.89. The largest absolute Gasteiger partial charge is 0.434 e. The summed E-state index contributed by atoms with van der Waals surface area (Å²) in [7, 11) is -3.71. The summed E-state index contributed by atoms with van der Waals surface area (Å²) in [5.74, 6) is -1.02. The Balaban J connectivity index is 1.62. The van der Waals surface area contributed by atoms with Crippen LogP contribution < -0.4 is 0 Å². The van der Waals surface area contributed by atoms with Crippen molar-refractivity contribution in [3.05, 3.63) is 35.6 Å². The van der Waals surface area contributed by atoms with Crippen molar-refractivity contribution in [2.75, 3.05) is 32.2 Å². The van der Waals surface area contributed by atoms with Gasteiger partial charge in [0.2, 0.25) is 16.1 Å². The Morgan fingerprint density at radius 3 is 2.39 bits per heavy atom. The second kappa shape index (κ2) is 8.88. The highest BCUT2D eigenvalue weighted by atomic mass is 32.2. The number of benzene rings is 1. The molecule has 1 N–H and O–H groups in total. The standard InChI is InChI=1S/C18H22F4N2O6S/c19-14-3-1-13(2-4-14)9-24-11-17(29-12-31(24,27)28)5-7-23(8-6-17)16(26)30-15(10-25)18(20,21)22/h1-4,15,25H,5-12H2/t15-/m1/s1. The highest BCUT2D eigenvalue weighted by Gasteiger charge is 2.47. The van der Waals surface area contributed by atoms with Crippen LogP contribution in [0.3, 0.4) is 0 Å². The summed E-state index contributed by atoms with van der Waals surface area (Å²) in [6.45, 7) is -1.37. The molecule has 0 unspecified atom stereocenters. The Hall–Kier alpha value is -1.96. The van der Waals surface area contributed by atoms with Gasteiger partial charge in [0.1, 0.15) is 5.82 Å². The minimum absolute atomic E-state index is 0.000719. The van der Waals surface area contributed by atoms with Crippen molar-refractivity contribution < 1.29 is 45.4 Å². The van der Waals surface area contributed by atoms with E-state index < -0.39 is 52.4 Å². The van der Waals surface area contributed by atoms with Gasteiger partial charge in [-0.05, 0) is 30.5 Å². The zero-order chi connectivity index (χ0) is 22.9. The van der Waals surface area contributed by atoms with Crippen LogP contribution in [0.4, 0.5) is 22.4 Å². The maximum atomic E-state index is 13.1. The summed E-state index contributed by atoms with van der Waals surface area (Å²) in [5, 5.41) is 8.80. The fourth-order valence-electron chi connectivity index (χ4n) is 3.49. The number of piperidine rings is 1. The minimum Gasteiger partial charge on any atom is -0.434 e. The molecule has 1 amide bonds. The van der Waals surface area contributed by atoms with Gasteiger partial charge < -0.3 is 19.5 Å². The van der Waals surface area contributed by atoms with Crippen molar-refractivity contribution in [3.8, 4) is 0 Å². The topological polar surface area (TPSA) is 96.4 Å². The number of aliphatic hydroxyl groups is 1. The van der Waals surface area contributed by atoms with Crippen molar-refractivity contribution in [3.63, 3.8) is 0 Å². The number of carbonyl (C=O) groups excluding carboxylic acids is 1. The van der Waals surface area contributed by atoms with Gasteiger partial charge in [-0.15, -0.1) is 0 Å². The summed E-state index contributed by atoms with van der Waals surface area (Å²) >= 11 is 0. The molecular formula is C18H22F4N2O6S. The van der Waals surface area contributed by atoms with Gasteiger partial charge in [0.05, 0.1) is 12.2 Å². The van der Waals surface area contributed by atoms with Crippen molar-refractivity contribution in [1.82, 2.24) is 9.21 Å². The highest BCUT2D eigenvalue weighted by molar-refractivity contribution is 7.88. The predicted molar refractivity (Wildman–Crippen MR) is 98.6 cm³/mol. The van der Waals surface area contributed by atoms with Gasteiger partial charge in [-0.1, -0.05) is 12.1 Å². The van der Waals surface area contributed by atoms with Gasteiger partial charge in [-0.2, -0.15) is 17.5 Å². The van der Waals surface area contributed by atoms with Gasteiger partial charge in [0, 0.05) is 26.2 Å². The van der Waals surface area contributed by atoms with E-state index in [1.807, 2.05) is 0 Å². The second-order valence-corrected chi connectivity index (χ2v) is 9.45. The second-order valence-electron chi connectivity index (χ2n) is 7.54. The number of amides is 1. The van der Waals surface area contributed by atoms with Crippen LogP contribution in [0.25, 0.3) is 0 Å². The number of likely N-dealkylation sites (tertiary alicyclic amines) is 1. The summed E-state index contributed by atoms with van der Waals surface area (Å²) in [5.41, 5.74) is -0.312. The molecule has 0 aliphatic carbocycles. The Labute approximate surface area is 176 Å². The lowest BCUT2D eigenvalue weighted by atomic mass is 9.91. The molecule has 1 atom stereocenters. The van der Waals surface area contributed by atoms with Crippen molar-refractivity contribution in [1.29, 1.82) is 0 Å². The summed E-state index contributed by atoms with van der Waals surface area (Å²) in [6, 6.07) is 5.40. The predicted octanol–water partition coefficient (Wildman–Crippen LogP) is 1.84. The smallest absolute Gasteiger partial charge is 0.427 e. The van der Waals surface area contributed by atoms with E-state index in [0.717, 1.165) is 4.90 Å². The molecule has 2 aliphatic rings. The molecule has 0 aromatic heterocycles. The third-order valence-corrected chi connectivity index (χ3v) is 6.81. The van der Waals surface area contributed by atoms with E-state index in [0.29, 0.717) is 5.56 Å². The van der Waals surface area contributed by atoms with E-state index in [4.69, 9.17) is 9.84 Å². The number of halogens is 4. The number of aliphatic hydroxyl groups excluding tert-OH is 1. The van der Waals surface area contributed by atoms with E-state index in [1.54, 1.807) is 0 Å². The number of ether oxygens (including phenoxy) is 2. The SMILES string of the molecule is O=C(O[C@H](CO)C(F)(F)F)N1CCC2(CC1)CN(Cc1ccc(F)cc1)S(=O)(=O)CO2. The third kappa shape index (κ3) is 5.64. The third-order valence-electron chi connectivity index (χ3n) is 5.35.